The lowest BCUT2D eigenvalue weighted by Gasteiger charge is -2.30. The maximum absolute atomic E-state index is 4.91. The van der Waals surface area contributed by atoms with Crippen molar-refractivity contribution in [2.75, 3.05) is 0 Å². The molecule has 1 saturated carbocycles. The summed E-state index contributed by atoms with van der Waals surface area (Å²) in [5.41, 5.74) is 4.09. The number of hydrogen-bond donors (Lipinski definition) is 0. The highest BCUT2D eigenvalue weighted by atomic mass is 14.9. The zero-order valence-electron chi connectivity index (χ0n) is 12.0. The molecule has 101 valence electrons. The Morgan fingerprint density at radius 2 is 1.53 bits per heavy atom. The molecule has 1 radical (unpaired) electrons. The summed E-state index contributed by atoms with van der Waals surface area (Å²) >= 11 is 0. The minimum absolute atomic E-state index is 0.295. The summed E-state index contributed by atoms with van der Waals surface area (Å²) in [6.07, 6.45) is 13.3. The van der Waals surface area contributed by atoms with E-state index in [4.69, 9.17) is 5.32 Å². The van der Waals surface area contributed by atoms with Gasteiger partial charge >= 0.3 is 0 Å². The van der Waals surface area contributed by atoms with Crippen LogP contribution in [0.1, 0.15) is 63.9 Å². The van der Waals surface area contributed by atoms with Crippen LogP contribution in [0.3, 0.4) is 0 Å². The van der Waals surface area contributed by atoms with E-state index in [0.717, 1.165) is 0 Å². The minimum atomic E-state index is 0.295. The Hall–Kier alpha value is -1.24. The van der Waals surface area contributed by atoms with Gasteiger partial charge < -0.3 is 0 Å². The third-order valence-corrected chi connectivity index (χ3v) is 4.80. The van der Waals surface area contributed by atoms with Crippen LogP contribution in [0.25, 0.3) is 6.08 Å². The maximum atomic E-state index is 4.91. The van der Waals surface area contributed by atoms with E-state index >= 15 is 0 Å². The predicted octanol–water partition coefficient (Wildman–Crippen LogP) is 5.42. The molecule has 1 aliphatic heterocycles. The zero-order chi connectivity index (χ0) is 13.1. The molecule has 0 atom stereocenters. The first-order valence-corrected chi connectivity index (χ1v) is 7.81. The second kappa shape index (κ2) is 5.40. The van der Waals surface area contributed by atoms with Gasteiger partial charge in [-0.05, 0) is 25.0 Å². The molecule has 3 rings (SSSR count). The van der Waals surface area contributed by atoms with Crippen molar-refractivity contribution in [2.24, 2.45) is 5.41 Å². The Bertz CT molecular complexity index is 462. The van der Waals surface area contributed by atoms with E-state index in [1.54, 1.807) is 0 Å². The van der Waals surface area contributed by atoms with Crippen LogP contribution >= 0.6 is 0 Å². The zero-order valence-corrected chi connectivity index (χ0v) is 12.0. The minimum Gasteiger partial charge on any atom is -0.252 e. The van der Waals surface area contributed by atoms with E-state index in [-0.39, 0.29) is 0 Å². The lowest BCUT2D eigenvalue weighted by Crippen LogP contribution is -2.22. The fraction of sp³-hybridized carbons (Fsp3) is 0.556. The van der Waals surface area contributed by atoms with Gasteiger partial charge in [0, 0.05) is 16.7 Å². The maximum Gasteiger partial charge on any atom is 0.0706 e. The molecular weight excluding hydrogens is 230 g/mol. The molecule has 1 heterocycles. The molecule has 1 aromatic rings. The highest BCUT2D eigenvalue weighted by Gasteiger charge is 2.32. The predicted molar refractivity (Wildman–Crippen MR) is 81.3 cm³/mol. The van der Waals surface area contributed by atoms with Gasteiger partial charge in [-0.1, -0.05) is 63.6 Å². The largest absolute Gasteiger partial charge is 0.252 e. The average molecular weight is 254 g/mol. The summed E-state index contributed by atoms with van der Waals surface area (Å²) in [4.78, 5) is 0. The first kappa shape index (κ1) is 12.8. The smallest absolute Gasteiger partial charge is 0.0706 e. The monoisotopic (exact) mass is 254 g/mol. The van der Waals surface area contributed by atoms with E-state index in [1.807, 2.05) is 0 Å². The van der Waals surface area contributed by atoms with E-state index in [9.17, 15) is 0 Å². The molecule has 0 saturated heterocycles. The van der Waals surface area contributed by atoms with Crippen LogP contribution in [0.5, 0.6) is 0 Å². The van der Waals surface area contributed by atoms with Gasteiger partial charge in [0.2, 0.25) is 0 Å². The second-order valence-electron chi connectivity index (χ2n) is 6.38. The lowest BCUT2D eigenvalue weighted by molar-refractivity contribution is 0.311. The molecule has 0 unspecified atom stereocenters. The number of allylic oxidation sites excluding steroid dienone is 1. The Morgan fingerprint density at radius 3 is 2.21 bits per heavy atom. The van der Waals surface area contributed by atoms with Gasteiger partial charge in [-0.3, -0.25) is 5.32 Å². The molecule has 1 aromatic carbocycles. The van der Waals surface area contributed by atoms with Gasteiger partial charge in [-0.15, -0.1) is 0 Å². The third kappa shape index (κ3) is 2.70. The Labute approximate surface area is 117 Å². The lowest BCUT2D eigenvalue weighted by atomic mass is 9.77. The Kier molecular flexibility index (Phi) is 3.63. The molecule has 0 aromatic heterocycles. The van der Waals surface area contributed by atoms with Crippen molar-refractivity contribution in [2.45, 2.75) is 58.3 Å². The van der Waals surface area contributed by atoms with Crippen LogP contribution < -0.4 is 5.32 Å². The van der Waals surface area contributed by atoms with Crippen LogP contribution in [-0.4, -0.2) is 0 Å². The molecule has 0 bridgehead atoms. The third-order valence-electron chi connectivity index (χ3n) is 4.80. The molecule has 0 N–H and O–H groups in total. The van der Waals surface area contributed by atoms with Gasteiger partial charge in [0.15, 0.2) is 0 Å². The first-order chi connectivity index (χ1) is 9.28. The molecule has 1 heteroatoms. The summed E-state index contributed by atoms with van der Waals surface area (Å²) < 4.78 is 0. The highest BCUT2D eigenvalue weighted by Crippen LogP contribution is 2.44. The number of fused-ring (bicyclic) bond motifs is 1. The topological polar surface area (TPSA) is 14.1 Å². The molecule has 0 amide bonds. The van der Waals surface area contributed by atoms with Crippen LogP contribution in [0.15, 0.2) is 30.0 Å². The van der Waals surface area contributed by atoms with E-state index in [0.29, 0.717) is 5.41 Å². The second-order valence-corrected chi connectivity index (χ2v) is 6.38. The van der Waals surface area contributed by atoms with E-state index in [1.165, 1.54) is 68.3 Å². The van der Waals surface area contributed by atoms with Crippen LogP contribution in [0, 0.1) is 5.41 Å². The summed E-state index contributed by atoms with van der Waals surface area (Å²) in [6, 6.07) is 8.52. The fourth-order valence-corrected chi connectivity index (χ4v) is 3.45. The molecular formula is C18H24N. The van der Waals surface area contributed by atoms with Crippen molar-refractivity contribution in [3.63, 3.8) is 0 Å². The molecule has 0 spiro atoms. The summed E-state index contributed by atoms with van der Waals surface area (Å²) in [7, 11) is 0. The van der Waals surface area contributed by atoms with Gasteiger partial charge in [-0.25, -0.2) is 0 Å². The van der Waals surface area contributed by atoms with Crippen molar-refractivity contribution >= 4 is 11.8 Å². The Morgan fingerprint density at radius 1 is 0.895 bits per heavy atom. The Balaban J connectivity index is 1.80. The molecule has 1 fully saturated rings. The van der Waals surface area contributed by atoms with E-state index in [2.05, 4.69) is 37.3 Å². The van der Waals surface area contributed by atoms with Crippen molar-refractivity contribution in [3.05, 3.63) is 35.5 Å². The average Bonchev–Trinajstić information content (AvgIpc) is 2.88. The molecule has 1 aliphatic carbocycles. The van der Waals surface area contributed by atoms with Gasteiger partial charge in [-0.2, -0.15) is 0 Å². The van der Waals surface area contributed by atoms with Crippen LogP contribution in [0.4, 0.5) is 5.69 Å². The number of para-hydroxylation sites is 1. The summed E-state index contributed by atoms with van der Waals surface area (Å²) in [6.45, 7) is 2.43. The standard InChI is InChI=1S/C18H24N/c1-18(12-8-4-2-3-5-9-13-18)17-14-15-10-6-7-11-16(15)19-17/h6-7,10-11,14H,2-5,8-9,12-13H2,1H3. The van der Waals surface area contributed by atoms with Crippen molar-refractivity contribution in [1.29, 1.82) is 0 Å². The molecule has 19 heavy (non-hydrogen) atoms. The van der Waals surface area contributed by atoms with E-state index < -0.39 is 0 Å². The van der Waals surface area contributed by atoms with Crippen LogP contribution in [0.2, 0.25) is 0 Å². The normalized spacial score (nSPS) is 22.5. The van der Waals surface area contributed by atoms with Gasteiger partial charge in [0.1, 0.15) is 0 Å². The SMILES string of the molecule is CC1(C2=Cc3ccccc3[N]2)CCCCCCCC1. The number of hydrogen-bond acceptors (Lipinski definition) is 0. The number of benzene rings is 1. The number of nitrogens with zero attached hydrogens (tertiary/aromatic N) is 1. The van der Waals surface area contributed by atoms with Gasteiger partial charge in [0.25, 0.3) is 0 Å². The van der Waals surface area contributed by atoms with Crippen LogP contribution in [-0.2, 0) is 0 Å². The quantitative estimate of drug-likeness (QED) is 0.635. The first-order valence-electron chi connectivity index (χ1n) is 7.81. The van der Waals surface area contributed by atoms with Crippen molar-refractivity contribution in [1.82, 2.24) is 5.32 Å². The van der Waals surface area contributed by atoms with Gasteiger partial charge in [0.05, 0.1) is 5.69 Å². The summed E-state index contributed by atoms with van der Waals surface area (Å²) in [5, 5.41) is 4.91. The molecule has 1 nitrogen and oxygen atoms in total. The van der Waals surface area contributed by atoms with Crippen molar-refractivity contribution < 1.29 is 0 Å². The highest BCUT2D eigenvalue weighted by molar-refractivity contribution is 5.72. The fourth-order valence-electron chi connectivity index (χ4n) is 3.45. The molecule has 2 aliphatic rings. The number of rotatable bonds is 1. The summed E-state index contributed by atoms with van der Waals surface area (Å²) in [5.74, 6) is 0. The van der Waals surface area contributed by atoms with Crippen molar-refractivity contribution in [3.8, 4) is 0 Å².